The molecule has 0 aliphatic rings. The first kappa shape index (κ1) is 15.8. The fourth-order valence-corrected chi connectivity index (χ4v) is 2.34. The molecule has 0 bridgehead atoms. The van der Waals surface area contributed by atoms with E-state index in [1.54, 1.807) is 6.07 Å². The molecule has 3 nitrogen and oxygen atoms in total. The van der Waals surface area contributed by atoms with Crippen molar-refractivity contribution in [2.45, 2.75) is 26.8 Å². The number of phenolic OH excluding ortho intramolecular Hbond substituents is 1. The van der Waals surface area contributed by atoms with Gasteiger partial charge in [-0.25, -0.2) is 0 Å². The summed E-state index contributed by atoms with van der Waals surface area (Å²) >= 11 is 0. The smallest absolute Gasteiger partial charge is 0.120 e. The molecule has 3 heteroatoms. The standard InChI is InChI=1S/C18H25NO2/c1-14(2)13-21-11-5-10-19-12-17-16-7-4-3-6-15(16)8-9-18(17)20/h3-4,6-9,14,19-20H,5,10-13H2,1-2H3. The van der Waals surface area contributed by atoms with Crippen LogP contribution >= 0.6 is 0 Å². The highest BCUT2D eigenvalue weighted by molar-refractivity contribution is 5.87. The lowest BCUT2D eigenvalue weighted by Gasteiger charge is -2.11. The maximum Gasteiger partial charge on any atom is 0.120 e. The maximum atomic E-state index is 10.0. The molecule has 0 atom stereocenters. The molecule has 2 N–H and O–H groups in total. The predicted octanol–water partition coefficient (Wildman–Crippen LogP) is 3.70. The highest BCUT2D eigenvalue weighted by Gasteiger charge is 2.05. The number of fused-ring (bicyclic) bond motifs is 1. The van der Waals surface area contributed by atoms with Crippen LogP contribution < -0.4 is 5.32 Å². The zero-order valence-electron chi connectivity index (χ0n) is 12.9. The number of aromatic hydroxyl groups is 1. The number of rotatable bonds is 8. The third-order valence-electron chi connectivity index (χ3n) is 3.41. The number of phenols is 1. The minimum absolute atomic E-state index is 0.359. The largest absolute Gasteiger partial charge is 0.508 e. The van der Waals surface area contributed by atoms with E-state index in [4.69, 9.17) is 4.74 Å². The minimum Gasteiger partial charge on any atom is -0.508 e. The summed E-state index contributed by atoms with van der Waals surface area (Å²) in [4.78, 5) is 0. The Balaban J connectivity index is 1.82. The van der Waals surface area contributed by atoms with Crippen LogP contribution in [0.5, 0.6) is 5.75 Å². The van der Waals surface area contributed by atoms with Gasteiger partial charge in [0.25, 0.3) is 0 Å². The van der Waals surface area contributed by atoms with Gasteiger partial charge in [0.2, 0.25) is 0 Å². The van der Waals surface area contributed by atoms with E-state index in [2.05, 4.69) is 31.3 Å². The van der Waals surface area contributed by atoms with Crippen LogP contribution in [0.15, 0.2) is 36.4 Å². The van der Waals surface area contributed by atoms with Crippen molar-refractivity contribution >= 4 is 10.8 Å². The van der Waals surface area contributed by atoms with Gasteiger partial charge in [0, 0.05) is 25.3 Å². The Morgan fingerprint density at radius 1 is 1.14 bits per heavy atom. The normalized spacial score (nSPS) is 11.4. The third-order valence-corrected chi connectivity index (χ3v) is 3.41. The zero-order valence-corrected chi connectivity index (χ0v) is 12.9. The number of ether oxygens (including phenoxy) is 1. The molecule has 0 heterocycles. The zero-order chi connectivity index (χ0) is 15.1. The third kappa shape index (κ3) is 4.73. The van der Waals surface area contributed by atoms with Crippen LogP contribution in [0.3, 0.4) is 0 Å². The van der Waals surface area contributed by atoms with Crippen molar-refractivity contribution in [1.82, 2.24) is 5.32 Å². The summed E-state index contributed by atoms with van der Waals surface area (Å²) in [5, 5.41) is 15.7. The van der Waals surface area contributed by atoms with Crippen molar-refractivity contribution in [1.29, 1.82) is 0 Å². The first-order chi connectivity index (χ1) is 10.2. The molecule has 0 saturated carbocycles. The van der Waals surface area contributed by atoms with Gasteiger partial charge in [0.1, 0.15) is 5.75 Å². The van der Waals surface area contributed by atoms with E-state index in [0.29, 0.717) is 18.2 Å². The Labute approximate surface area is 126 Å². The average molecular weight is 287 g/mol. The number of benzene rings is 2. The van der Waals surface area contributed by atoms with E-state index in [1.807, 2.05) is 18.2 Å². The Kier molecular flexibility index (Phi) is 6.03. The fraction of sp³-hybridized carbons (Fsp3) is 0.444. The number of hydrogen-bond donors (Lipinski definition) is 2. The van der Waals surface area contributed by atoms with Gasteiger partial charge in [0.15, 0.2) is 0 Å². The first-order valence-corrected chi connectivity index (χ1v) is 7.66. The van der Waals surface area contributed by atoms with Gasteiger partial charge in [0.05, 0.1) is 0 Å². The highest BCUT2D eigenvalue weighted by atomic mass is 16.5. The Hall–Kier alpha value is -1.58. The summed E-state index contributed by atoms with van der Waals surface area (Å²) < 4.78 is 5.55. The Bertz CT molecular complexity index is 566. The van der Waals surface area contributed by atoms with Gasteiger partial charge in [-0.2, -0.15) is 0 Å². The van der Waals surface area contributed by atoms with Gasteiger partial charge in [-0.3, -0.25) is 0 Å². The molecule has 0 aromatic heterocycles. The van der Waals surface area contributed by atoms with Crippen LogP contribution in [0.25, 0.3) is 10.8 Å². The van der Waals surface area contributed by atoms with Crippen LogP contribution in [0.1, 0.15) is 25.8 Å². The maximum absolute atomic E-state index is 10.0. The van der Waals surface area contributed by atoms with Crippen LogP contribution in [0, 0.1) is 5.92 Å². The monoisotopic (exact) mass is 287 g/mol. The van der Waals surface area contributed by atoms with E-state index in [0.717, 1.165) is 42.5 Å². The van der Waals surface area contributed by atoms with Crippen molar-refractivity contribution in [3.05, 3.63) is 42.0 Å². The van der Waals surface area contributed by atoms with Crippen molar-refractivity contribution in [3.8, 4) is 5.75 Å². The average Bonchev–Trinajstić information content (AvgIpc) is 2.48. The molecule has 2 rings (SSSR count). The van der Waals surface area contributed by atoms with Gasteiger partial charge in [-0.15, -0.1) is 0 Å². The molecule has 0 saturated heterocycles. The highest BCUT2D eigenvalue weighted by Crippen LogP contribution is 2.26. The Morgan fingerprint density at radius 2 is 1.95 bits per heavy atom. The number of hydrogen-bond acceptors (Lipinski definition) is 3. The van der Waals surface area contributed by atoms with Gasteiger partial charge >= 0.3 is 0 Å². The van der Waals surface area contributed by atoms with Crippen LogP contribution in [-0.2, 0) is 11.3 Å². The molecular weight excluding hydrogens is 262 g/mol. The first-order valence-electron chi connectivity index (χ1n) is 7.66. The topological polar surface area (TPSA) is 41.5 Å². The van der Waals surface area contributed by atoms with E-state index in [-0.39, 0.29) is 0 Å². The quantitative estimate of drug-likeness (QED) is 0.727. The summed E-state index contributed by atoms with van der Waals surface area (Å²) in [6.07, 6.45) is 0.984. The van der Waals surface area contributed by atoms with Gasteiger partial charge < -0.3 is 15.2 Å². The van der Waals surface area contributed by atoms with Gasteiger partial charge in [-0.05, 0) is 35.7 Å². The number of nitrogens with one attached hydrogen (secondary N) is 1. The molecule has 0 aliphatic carbocycles. The lowest BCUT2D eigenvalue weighted by Crippen LogP contribution is -2.17. The van der Waals surface area contributed by atoms with E-state index < -0.39 is 0 Å². The summed E-state index contributed by atoms with van der Waals surface area (Å²) in [5.41, 5.74) is 0.969. The van der Waals surface area contributed by atoms with Crippen LogP contribution in [-0.4, -0.2) is 24.9 Å². The van der Waals surface area contributed by atoms with Crippen molar-refractivity contribution < 1.29 is 9.84 Å². The van der Waals surface area contributed by atoms with E-state index in [9.17, 15) is 5.11 Å². The lowest BCUT2D eigenvalue weighted by molar-refractivity contribution is 0.108. The van der Waals surface area contributed by atoms with Crippen LogP contribution in [0.4, 0.5) is 0 Å². The molecular formula is C18H25NO2. The van der Waals surface area contributed by atoms with Crippen molar-refractivity contribution in [2.24, 2.45) is 5.92 Å². The second kappa shape index (κ2) is 8.01. The SMILES string of the molecule is CC(C)COCCCNCc1c(O)ccc2ccccc12. The summed E-state index contributed by atoms with van der Waals surface area (Å²) in [6.45, 7) is 7.48. The summed E-state index contributed by atoms with van der Waals surface area (Å²) in [5.74, 6) is 0.947. The summed E-state index contributed by atoms with van der Waals surface area (Å²) in [7, 11) is 0. The molecule has 0 amide bonds. The van der Waals surface area contributed by atoms with Crippen LogP contribution in [0.2, 0.25) is 0 Å². The Morgan fingerprint density at radius 3 is 2.76 bits per heavy atom. The minimum atomic E-state index is 0.359. The molecule has 0 spiro atoms. The molecule has 2 aromatic rings. The van der Waals surface area contributed by atoms with Gasteiger partial charge in [-0.1, -0.05) is 44.2 Å². The predicted molar refractivity (Wildman–Crippen MR) is 87.6 cm³/mol. The molecule has 0 fully saturated rings. The molecule has 0 aliphatic heterocycles. The van der Waals surface area contributed by atoms with Crippen molar-refractivity contribution in [3.63, 3.8) is 0 Å². The van der Waals surface area contributed by atoms with E-state index >= 15 is 0 Å². The fourth-order valence-electron chi connectivity index (χ4n) is 2.34. The molecule has 0 radical (unpaired) electrons. The molecule has 0 unspecified atom stereocenters. The van der Waals surface area contributed by atoms with Crippen molar-refractivity contribution in [2.75, 3.05) is 19.8 Å². The molecule has 114 valence electrons. The molecule has 2 aromatic carbocycles. The second-order valence-electron chi connectivity index (χ2n) is 5.78. The van der Waals surface area contributed by atoms with E-state index in [1.165, 1.54) is 0 Å². The summed E-state index contributed by atoms with van der Waals surface area (Å²) in [6, 6.07) is 11.9. The lowest BCUT2D eigenvalue weighted by atomic mass is 10.0. The second-order valence-corrected chi connectivity index (χ2v) is 5.78. The molecule has 21 heavy (non-hydrogen) atoms.